The van der Waals surface area contributed by atoms with Gasteiger partial charge in [-0.3, -0.25) is 13.9 Å². The molecule has 2 amide bonds. The van der Waals surface area contributed by atoms with Gasteiger partial charge in [-0.2, -0.15) is 0 Å². The van der Waals surface area contributed by atoms with Crippen LogP contribution in [0, 0.1) is 0 Å². The first kappa shape index (κ1) is 32.8. The summed E-state index contributed by atoms with van der Waals surface area (Å²) in [5.74, 6) is -0.583. The highest BCUT2D eigenvalue weighted by Crippen LogP contribution is 2.32. The smallest absolute Gasteiger partial charge is 0.264 e. The number of halogens is 1. The molecule has 1 atom stereocenters. The Bertz CT molecular complexity index is 1650. The van der Waals surface area contributed by atoms with Crippen LogP contribution >= 0.6 is 15.9 Å². The molecule has 8 nitrogen and oxygen atoms in total. The van der Waals surface area contributed by atoms with Crippen LogP contribution in [-0.2, 0) is 32.6 Å². The maximum Gasteiger partial charge on any atom is 0.264 e. The van der Waals surface area contributed by atoms with Crippen molar-refractivity contribution in [2.75, 3.05) is 18.0 Å². The molecule has 0 fully saturated rings. The van der Waals surface area contributed by atoms with E-state index in [9.17, 15) is 18.0 Å². The number of carbonyl (C=O) groups is 2. The topological polar surface area (TPSA) is 96.0 Å². The molecule has 0 aromatic heterocycles. The summed E-state index contributed by atoms with van der Waals surface area (Å²) in [5.41, 5.74) is 1.86. The Balaban J connectivity index is 1.82. The monoisotopic (exact) mass is 677 g/mol. The zero-order valence-corrected chi connectivity index (χ0v) is 27.3. The quantitative estimate of drug-likeness (QED) is 0.193. The number of anilines is 1. The molecule has 0 aliphatic carbocycles. The average molecular weight is 679 g/mol. The van der Waals surface area contributed by atoms with Gasteiger partial charge in [0.25, 0.3) is 10.0 Å². The molecule has 0 heterocycles. The molecule has 0 radical (unpaired) electrons. The molecule has 4 aromatic carbocycles. The summed E-state index contributed by atoms with van der Waals surface area (Å²) < 4.78 is 35.7. The van der Waals surface area contributed by atoms with Crippen molar-refractivity contribution < 1.29 is 22.7 Å². The number of rotatable bonds is 13. The van der Waals surface area contributed by atoms with Crippen LogP contribution in [0.1, 0.15) is 25.0 Å². The van der Waals surface area contributed by atoms with Gasteiger partial charge in [0.05, 0.1) is 17.7 Å². The zero-order chi connectivity index (χ0) is 31.7. The fraction of sp³-hybridized carbons (Fsp3) is 0.235. The number of hydrogen-bond acceptors (Lipinski definition) is 5. The standard InChI is InChI=1S/C34H36BrN3O5S/c1-25(2)36-34(40)31(22-26-12-6-4-7-13-26)37(23-27-18-20-28(35)21-19-27)33(39)24-38(30-16-10-11-17-32(30)43-3)44(41,42)29-14-8-5-9-15-29/h4-21,25,31H,22-24H2,1-3H3,(H,36,40)/t31-/m0/s1. The van der Waals surface area contributed by atoms with Gasteiger partial charge in [-0.1, -0.05) is 88.7 Å². The summed E-state index contributed by atoms with van der Waals surface area (Å²) in [6.07, 6.45) is 0.238. The van der Waals surface area contributed by atoms with E-state index in [0.717, 1.165) is 19.9 Å². The van der Waals surface area contributed by atoms with E-state index in [1.54, 1.807) is 42.5 Å². The summed E-state index contributed by atoms with van der Waals surface area (Å²) in [7, 11) is -2.77. The molecule has 4 rings (SSSR count). The minimum Gasteiger partial charge on any atom is -0.495 e. The lowest BCUT2D eigenvalue weighted by atomic mass is 10.0. The highest BCUT2D eigenvalue weighted by Gasteiger charge is 2.35. The third-order valence-electron chi connectivity index (χ3n) is 6.93. The fourth-order valence-electron chi connectivity index (χ4n) is 4.79. The predicted octanol–water partition coefficient (Wildman–Crippen LogP) is 5.82. The molecule has 0 spiro atoms. The van der Waals surface area contributed by atoms with E-state index in [2.05, 4.69) is 21.2 Å². The Kier molecular flexibility index (Phi) is 11.2. The van der Waals surface area contributed by atoms with Crippen molar-refractivity contribution in [2.24, 2.45) is 0 Å². The number of nitrogens with zero attached hydrogens (tertiary/aromatic N) is 2. The molecule has 0 aliphatic rings. The lowest BCUT2D eigenvalue weighted by molar-refractivity contribution is -0.140. The molecule has 4 aromatic rings. The van der Waals surface area contributed by atoms with Gasteiger partial charge in [-0.25, -0.2) is 8.42 Å². The second-order valence-corrected chi connectivity index (χ2v) is 13.3. The molecule has 230 valence electrons. The van der Waals surface area contributed by atoms with E-state index in [-0.39, 0.29) is 41.2 Å². The second-order valence-electron chi connectivity index (χ2n) is 10.5. The number of nitrogens with one attached hydrogen (secondary N) is 1. The van der Waals surface area contributed by atoms with Crippen LogP contribution in [-0.4, -0.2) is 50.9 Å². The molecule has 10 heteroatoms. The maximum absolute atomic E-state index is 14.5. The van der Waals surface area contributed by atoms with Crippen molar-refractivity contribution in [3.8, 4) is 5.75 Å². The van der Waals surface area contributed by atoms with Crippen molar-refractivity contribution in [3.05, 3.63) is 125 Å². The van der Waals surface area contributed by atoms with Crippen molar-refractivity contribution in [1.82, 2.24) is 10.2 Å². The van der Waals surface area contributed by atoms with Crippen molar-refractivity contribution in [3.63, 3.8) is 0 Å². The minimum atomic E-state index is -4.22. The second kappa shape index (κ2) is 15.0. The Morgan fingerprint density at radius 2 is 1.41 bits per heavy atom. The number of benzene rings is 4. The number of ether oxygens (including phenoxy) is 1. The van der Waals surface area contributed by atoms with Crippen LogP contribution in [0.15, 0.2) is 119 Å². The zero-order valence-electron chi connectivity index (χ0n) is 24.9. The lowest BCUT2D eigenvalue weighted by Crippen LogP contribution is -2.54. The van der Waals surface area contributed by atoms with Crippen LogP contribution in [0.3, 0.4) is 0 Å². The molecule has 0 aliphatic heterocycles. The van der Waals surface area contributed by atoms with Gasteiger partial charge in [-0.05, 0) is 61.4 Å². The number of para-hydroxylation sites is 2. The van der Waals surface area contributed by atoms with Gasteiger partial charge < -0.3 is 15.0 Å². The molecule has 0 saturated heterocycles. The summed E-state index contributed by atoms with van der Waals surface area (Å²) in [4.78, 5) is 29.7. The van der Waals surface area contributed by atoms with Crippen LogP contribution in [0.4, 0.5) is 5.69 Å². The molecule has 0 bridgehead atoms. The SMILES string of the molecule is COc1ccccc1N(CC(=O)N(Cc1ccc(Br)cc1)[C@@H](Cc1ccccc1)C(=O)NC(C)C)S(=O)(=O)c1ccccc1. The van der Waals surface area contributed by atoms with Gasteiger partial charge in [0, 0.05) is 23.5 Å². The van der Waals surface area contributed by atoms with E-state index < -0.39 is 28.5 Å². The third kappa shape index (κ3) is 8.27. The highest BCUT2D eigenvalue weighted by molar-refractivity contribution is 9.10. The summed E-state index contributed by atoms with van der Waals surface area (Å²) in [6.45, 7) is 3.23. The molecule has 0 saturated carbocycles. The molecule has 44 heavy (non-hydrogen) atoms. The maximum atomic E-state index is 14.5. The van der Waals surface area contributed by atoms with Gasteiger partial charge in [0.15, 0.2) is 0 Å². The molecule has 0 unspecified atom stereocenters. The summed E-state index contributed by atoms with van der Waals surface area (Å²) in [6, 6.07) is 30.4. The number of amides is 2. The first-order valence-corrected chi connectivity index (χ1v) is 16.4. The fourth-order valence-corrected chi connectivity index (χ4v) is 6.50. The van der Waals surface area contributed by atoms with Gasteiger partial charge in [-0.15, -0.1) is 0 Å². The summed E-state index contributed by atoms with van der Waals surface area (Å²) >= 11 is 3.45. The first-order valence-electron chi connectivity index (χ1n) is 14.2. The minimum absolute atomic E-state index is 0.0246. The van der Waals surface area contributed by atoms with Crippen molar-refractivity contribution >= 4 is 43.5 Å². The predicted molar refractivity (Wildman–Crippen MR) is 176 cm³/mol. The van der Waals surface area contributed by atoms with Crippen LogP contribution in [0.2, 0.25) is 0 Å². The number of sulfonamides is 1. The first-order chi connectivity index (χ1) is 21.1. The molecular formula is C34H36BrN3O5S. The lowest BCUT2D eigenvalue weighted by Gasteiger charge is -2.34. The van der Waals surface area contributed by atoms with E-state index in [0.29, 0.717) is 0 Å². The van der Waals surface area contributed by atoms with Crippen LogP contribution in [0.5, 0.6) is 5.75 Å². The van der Waals surface area contributed by atoms with E-state index in [4.69, 9.17) is 4.74 Å². The van der Waals surface area contributed by atoms with Gasteiger partial charge >= 0.3 is 0 Å². The Morgan fingerprint density at radius 3 is 2.02 bits per heavy atom. The van der Waals surface area contributed by atoms with Crippen LogP contribution in [0.25, 0.3) is 0 Å². The van der Waals surface area contributed by atoms with Crippen LogP contribution < -0.4 is 14.4 Å². The van der Waals surface area contributed by atoms with E-state index in [1.165, 1.54) is 24.1 Å². The summed E-state index contributed by atoms with van der Waals surface area (Å²) in [5, 5.41) is 2.96. The largest absolute Gasteiger partial charge is 0.495 e. The number of carbonyl (C=O) groups excluding carboxylic acids is 2. The van der Waals surface area contributed by atoms with Gasteiger partial charge in [0.1, 0.15) is 18.3 Å². The van der Waals surface area contributed by atoms with Crippen molar-refractivity contribution in [1.29, 1.82) is 0 Å². The Morgan fingerprint density at radius 1 is 0.818 bits per heavy atom. The highest BCUT2D eigenvalue weighted by atomic mass is 79.9. The average Bonchev–Trinajstić information content (AvgIpc) is 3.02. The third-order valence-corrected chi connectivity index (χ3v) is 9.23. The Labute approximate surface area is 267 Å². The Hall–Kier alpha value is -4.15. The molecular weight excluding hydrogens is 642 g/mol. The molecule has 1 N–H and O–H groups in total. The van der Waals surface area contributed by atoms with Gasteiger partial charge in [0.2, 0.25) is 11.8 Å². The van der Waals surface area contributed by atoms with E-state index >= 15 is 0 Å². The van der Waals surface area contributed by atoms with E-state index in [1.807, 2.05) is 68.4 Å². The number of hydrogen-bond donors (Lipinski definition) is 1. The normalized spacial score (nSPS) is 11.9. The number of methoxy groups -OCH3 is 1. The van der Waals surface area contributed by atoms with Crippen molar-refractivity contribution in [2.45, 2.75) is 43.8 Å².